The summed E-state index contributed by atoms with van der Waals surface area (Å²) in [6.45, 7) is 4.67. The molecule has 0 bridgehead atoms. The molecule has 7 nitrogen and oxygen atoms in total. The van der Waals surface area contributed by atoms with E-state index in [1.165, 1.54) is 0 Å². The van der Waals surface area contributed by atoms with Crippen LogP contribution in [-0.2, 0) is 20.7 Å². The monoisotopic (exact) mass is 412 g/mol. The van der Waals surface area contributed by atoms with Gasteiger partial charge in [-0.05, 0) is 56.2 Å². The van der Waals surface area contributed by atoms with Gasteiger partial charge in [-0.25, -0.2) is 0 Å². The zero-order valence-electron chi connectivity index (χ0n) is 17.6. The molecule has 0 aliphatic rings. The number of esters is 1. The van der Waals surface area contributed by atoms with Crippen molar-refractivity contribution in [2.24, 2.45) is 0 Å². The van der Waals surface area contributed by atoms with Crippen LogP contribution in [0, 0.1) is 0 Å². The van der Waals surface area contributed by atoms with Gasteiger partial charge in [0.15, 0.2) is 6.61 Å². The molecule has 0 atom stereocenters. The highest BCUT2D eigenvalue weighted by molar-refractivity contribution is 5.97. The standard InChI is InChI=1S/C23H28N2O5/c1-4-25(5-2)23(28)18-7-6-8-19(15-18)24-21(26)16-30-22(27)14-11-17-9-12-20(29-3)13-10-17/h6-10,12-13,15H,4-5,11,14,16H2,1-3H3,(H,24,26). The molecule has 2 aromatic rings. The second-order valence-corrected chi connectivity index (χ2v) is 6.62. The van der Waals surface area contributed by atoms with Crippen LogP contribution in [0.25, 0.3) is 0 Å². The van der Waals surface area contributed by atoms with E-state index in [0.29, 0.717) is 30.8 Å². The van der Waals surface area contributed by atoms with Crippen molar-refractivity contribution >= 4 is 23.5 Å². The summed E-state index contributed by atoms with van der Waals surface area (Å²) in [5, 5.41) is 2.65. The Kier molecular flexibility index (Phi) is 8.87. The fourth-order valence-corrected chi connectivity index (χ4v) is 2.88. The highest BCUT2D eigenvalue weighted by Crippen LogP contribution is 2.14. The average molecular weight is 412 g/mol. The smallest absolute Gasteiger partial charge is 0.306 e. The minimum absolute atomic E-state index is 0.0962. The lowest BCUT2D eigenvalue weighted by molar-refractivity contribution is -0.147. The van der Waals surface area contributed by atoms with E-state index in [1.807, 2.05) is 38.1 Å². The molecule has 7 heteroatoms. The first-order chi connectivity index (χ1) is 14.5. The quantitative estimate of drug-likeness (QED) is 0.606. The number of aryl methyl sites for hydroxylation is 1. The predicted molar refractivity (Wildman–Crippen MR) is 115 cm³/mol. The molecule has 2 aromatic carbocycles. The summed E-state index contributed by atoms with van der Waals surface area (Å²) in [6, 6.07) is 14.1. The molecule has 0 heterocycles. The van der Waals surface area contributed by atoms with Crippen molar-refractivity contribution in [3.8, 4) is 5.75 Å². The van der Waals surface area contributed by atoms with Crippen LogP contribution < -0.4 is 10.1 Å². The van der Waals surface area contributed by atoms with E-state index in [2.05, 4.69) is 5.32 Å². The normalized spacial score (nSPS) is 10.2. The van der Waals surface area contributed by atoms with E-state index >= 15 is 0 Å². The fourth-order valence-electron chi connectivity index (χ4n) is 2.88. The van der Waals surface area contributed by atoms with Crippen molar-refractivity contribution in [3.63, 3.8) is 0 Å². The maximum atomic E-state index is 12.4. The molecule has 0 saturated carbocycles. The number of hydrogen-bond acceptors (Lipinski definition) is 5. The Morgan fingerprint density at radius 3 is 2.33 bits per heavy atom. The molecule has 0 spiro atoms. The highest BCUT2D eigenvalue weighted by Gasteiger charge is 2.14. The number of carbonyl (C=O) groups excluding carboxylic acids is 3. The third kappa shape index (κ3) is 6.92. The van der Waals surface area contributed by atoms with Gasteiger partial charge in [-0.3, -0.25) is 14.4 Å². The van der Waals surface area contributed by atoms with Gasteiger partial charge in [0, 0.05) is 30.8 Å². The molecule has 2 amide bonds. The third-order valence-corrected chi connectivity index (χ3v) is 4.59. The molecule has 0 aromatic heterocycles. The van der Waals surface area contributed by atoms with Crippen molar-refractivity contribution in [3.05, 3.63) is 59.7 Å². The largest absolute Gasteiger partial charge is 0.497 e. The van der Waals surface area contributed by atoms with Gasteiger partial charge in [-0.15, -0.1) is 0 Å². The molecular formula is C23H28N2O5. The highest BCUT2D eigenvalue weighted by atomic mass is 16.5. The molecule has 0 unspecified atom stereocenters. The Balaban J connectivity index is 1.80. The molecule has 2 rings (SSSR count). The SMILES string of the molecule is CCN(CC)C(=O)c1cccc(NC(=O)COC(=O)CCc2ccc(OC)cc2)c1. The van der Waals surface area contributed by atoms with E-state index < -0.39 is 11.9 Å². The van der Waals surface area contributed by atoms with Crippen LogP contribution in [-0.4, -0.2) is 49.5 Å². The maximum absolute atomic E-state index is 12.4. The molecule has 0 fully saturated rings. The van der Waals surface area contributed by atoms with E-state index in [-0.39, 0.29) is 18.9 Å². The Morgan fingerprint density at radius 2 is 1.70 bits per heavy atom. The van der Waals surface area contributed by atoms with Crippen LogP contribution in [0.4, 0.5) is 5.69 Å². The number of hydrogen-bond donors (Lipinski definition) is 1. The van der Waals surface area contributed by atoms with Crippen LogP contribution in [0.2, 0.25) is 0 Å². The first-order valence-corrected chi connectivity index (χ1v) is 9.94. The zero-order valence-corrected chi connectivity index (χ0v) is 17.6. The average Bonchev–Trinajstić information content (AvgIpc) is 2.77. The molecule has 160 valence electrons. The summed E-state index contributed by atoms with van der Waals surface area (Å²) in [7, 11) is 1.59. The third-order valence-electron chi connectivity index (χ3n) is 4.59. The number of carbonyl (C=O) groups is 3. The Hall–Kier alpha value is -3.35. The molecule has 0 aliphatic heterocycles. The van der Waals surface area contributed by atoms with E-state index in [9.17, 15) is 14.4 Å². The fraction of sp³-hybridized carbons (Fsp3) is 0.348. The zero-order chi connectivity index (χ0) is 21.9. The van der Waals surface area contributed by atoms with E-state index in [4.69, 9.17) is 9.47 Å². The minimum atomic E-state index is -0.458. The van der Waals surface area contributed by atoms with E-state index in [0.717, 1.165) is 11.3 Å². The Morgan fingerprint density at radius 1 is 1.00 bits per heavy atom. The number of methoxy groups -OCH3 is 1. The Labute approximate surface area is 177 Å². The summed E-state index contributed by atoms with van der Waals surface area (Å²) < 4.78 is 10.1. The van der Waals surface area contributed by atoms with Gasteiger partial charge >= 0.3 is 5.97 Å². The van der Waals surface area contributed by atoms with Crippen LogP contribution in [0.15, 0.2) is 48.5 Å². The van der Waals surface area contributed by atoms with Crippen LogP contribution >= 0.6 is 0 Å². The lowest BCUT2D eigenvalue weighted by atomic mass is 10.1. The van der Waals surface area contributed by atoms with Gasteiger partial charge in [0.2, 0.25) is 0 Å². The van der Waals surface area contributed by atoms with Crippen molar-refractivity contribution in [1.29, 1.82) is 0 Å². The van der Waals surface area contributed by atoms with Gasteiger partial charge in [0.25, 0.3) is 11.8 Å². The predicted octanol–water partition coefficient (Wildman–Crippen LogP) is 3.29. The van der Waals surface area contributed by atoms with Crippen LogP contribution in [0.5, 0.6) is 5.75 Å². The number of nitrogens with zero attached hydrogens (tertiary/aromatic N) is 1. The van der Waals surface area contributed by atoms with E-state index in [1.54, 1.807) is 36.3 Å². The van der Waals surface area contributed by atoms with Crippen molar-refractivity contribution < 1.29 is 23.9 Å². The second-order valence-electron chi connectivity index (χ2n) is 6.62. The minimum Gasteiger partial charge on any atom is -0.497 e. The van der Waals surface area contributed by atoms with Crippen molar-refractivity contribution in [1.82, 2.24) is 4.90 Å². The molecule has 1 N–H and O–H groups in total. The molecular weight excluding hydrogens is 384 g/mol. The van der Waals surface area contributed by atoms with Gasteiger partial charge in [-0.1, -0.05) is 18.2 Å². The molecule has 0 aliphatic carbocycles. The number of benzene rings is 2. The van der Waals surface area contributed by atoms with Gasteiger partial charge in [0.05, 0.1) is 7.11 Å². The topological polar surface area (TPSA) is 84.9 Å². The maximum Gasteiger partial charge on any atom is 0.306 e. The lowest BCUT2D eigenvalue weighted by Crippen LogP contribution is -2.30. The summed E-state index contributed by atoms with van der Waals surface area (Å²) in [6.07, 6.45) is 0.688. The first-order valence-electron chi connectivity index (χ1n) is 9.94. The van der Waals surface area contributed by atoms with Crippen LogP contribution in [0.1, 0.15) is 36.2 Å². The van der Waals surface area contributed by atoms with Gasteiger partial charge in [0.1, 0.15) is 5.75 Å². The number of anilines is 1. The molecule has 0 radical (unpaired) electrons. The number of rotatable bonds is 10. The molecule has 0 saturated heterocycles. The summed E-state index contributed by atoms with van der Waals surface area (Å²) >= 11 is 0. The Bertz CT molecular complexity index is 860. The second kappa shape index (κ2) is 11.6. The summed E-state index contributed by atoms with van der Waals surface area (Å²) in [5.74, 6) is -0.256. The van der Waals surface area contributed by atoms with Crippen LogP contribution in [0.3, 0.4) is 0 Å². The summed E-state index contributed by atoms with van der Waals surface area (Å²) in [4.78, 5) is 38.1. The number of nitrogens with one attached hydrogen (secondary N) is 1. The first kappa shape index (κ1) is 22.9. The van der Waals surface area contributed by atoms with Crippen molar-refractivity contribution in [2.75, 3.05) is 32.1 Å². The van der Waals surface area contributed by atoms with Gasteiger partial charge in [-0.2, -0.15) is 0 Å². The molecule has 30 heavy (non-hydrogen) atoms. The number of amides is 2. The number of ether oxygens (including phenoxy) is 2. The van der Waals surface area contributed by atoms with Gasteiger partial charge < -0.3 is 19.7 Å². The summed E-state index contributed by atoms with van der Waals surface area (Å²) in [5.41, 5.74) is 1.95. The lowest BCUT2D eigenvalue weighted by Gasteiger charge is -2.19. The van der Waals surface area contributed by atoms with Crippen molar-refractivity contribution in [2.45, 2.75) is 26.7 Å².